The molecule has 1 saturated carbocycles. The Morgan fingerprint density at radius 1 is 1.12 bits per heavy atom. The summed E-state index contributed by atoms with van der Waals surface area (Å²) >= 11 is 1.70. The highest BCUT2D eigenvalue weighted by molar-refractivity contribution is 7.11. The highest BCUT2D eigenvalue weighted by Crippen LogP contribution is 2.43. The van der Waals surface area contributed by atoms with E-state index in [4.69, 9.17) is 15.7 Å². The zero-order valence-electron chi connectivity index (χ0n) is 22.4. The summed E-state index contributed by atoms with van der Waals surface area (Å²) in [6, 6.07) is 8.81. The first-order valence-corrected chi connectivity index (χ1v) is 15.0. The minimum atomic E-state index is 0.0806. The normalized spacial score (nSPS) is 19.4. The second-order valence-electron chi connectivity index (χ2n) is 11.2. The molecule has 2 fully saturated rings. The van der Waals surface area contributed by atoms with Crippen molar-refractivity contribution >= 4 is 39.9 Å². The number of nitrogens with two attached hydrogens (primary N) is 1. The standard InChI is InChI=1S/C32H29N7OS/c33-21-6-8-25(28-5-2-10-41-28)29-27(13-21)37-30(38-29)24-9-7-23-17-39(23)31-26(24)12-20(15-35-31)19-11-22(16-34-14-19)36-32(40)18-3-1-4-18/h2,5-6,8-12,14-16,18,23H,1,3-4,7,13,17,33H2,(H,36,40)(H,37,38). The number of H-pyrrole nitrogens is 1. The van der Waals surface area contributed by atoms with E-state index in [9.17, 15) is 4.79 Å². The number of nitrogens with zero attached hydrogens (tertiary/aromatic N) is 4. The molecule has 204 valence electrons. The highest BCUT2D eigenvalue weighted by Gasteiger charge is 2.39. The molecule has 0 spiro atoms. The largest absolute Gasteiger partial charge is 0.402 e. The number of nitrogens with one attached hydrogen (secondary N) is 2. The molecule has 0 bridgehead atoms. The lowest BCUT2D eigenvalue weighted by molar-refractivity contribution is -0.122. The van der Waals surface area contributed by atoms with Crippen molar-refractivity contribution in [3.05, 3.63) is 99.8 Å². The molecule has 4 aromatic rings. The number of anilines is 2. The number of aromatic amines is 1. The monoisotopic (exact) mass is 559 g/mol. The van der Waals surface area contributed by atoms with Crippen molar-refractivity contribution < 1.29 is 4.79 Å². The zero-order valence-corrected chi connectivity index (χ0v) is 23.2. The molecule has 0 aromatic carbocycles. The Bertz CT molecular complexity index is 1780. The average Bonchev–Trinajstić information content (AvgIpc) is 3.39. The molecule has 2 aliphatic carbocycles. The van der Waals surface area contributed by atoms with Crippen LogP contribution < -0.4 is 16.0 Å². The van der Waals surface area contributed by atoms with Gasteiger partial charge in [0.25, 0.3) is 0 Å². The molecule has 4 N–H and O–H groups in total. The van der Waals surface area contributed by atoms with Gasteiger partial charge in [-0.15, -0.1) is 11.3 Å². The molecule has 8 nitrogen and oxygen atoms in total. The maximum Gasteiger partial charge on any atom is 0.227 e. The van der Waals surface area contributed by atoms with Gasteiger partial charge in [-0.25, -0.2) is 9.97 Å². The lowest BCUT2D eigenvalue weighted by Gasteiger charge is -2.24. The molecular formula is C32H29N7OS. The van der Waals surface area contributed by atoms with Gasteiger partial charge in [-0.2, -0.15) is 0 Å². The first kappa shape index (κ1) is 24.3. The number of fused-ring (bicyclic) bond motifs is 4. The average molecular weight is 560 g/mol. The van der Waals surface area contributed by atoms with Crippen LogP contribution in [0, 0.1) is 5.92 Å². The Hall–Kier alpha value is -4.50. The van der Waals surface area contributed by atoms with Crippen LogP contribution in [0.25, 0.3) is 22.3 Å². The summed E-state index contributed by atoms with van der Waals surface area (Å²) < 4.78 is 0. The SMILES string of the molecule is NC1=CC=C(c2cccs2)c2nc(C3=CCC4CN4c4ncc(-c5cncc(NC(=O)C6CCC6)c5)cc43)[nH]c2C1. The maximum atomic E-state index is 12.5. The number of thiophene rings is 1. The fourth-order valence-corrected chi connectivity index (χ4v) is 6.66. The molecule has 1 atom stereocenters. The second kappa shape index (κ2) is 9.55. The van der Waals surface area contributed by atoms with Gasteiger partial charge in [0.05, 0.1) is 23.6 Å². The van der Waals surface area contributed by atoms with E-state index in [1.165, 1.54) is 4.88 Å². The fourth-order valence-electron chi connectivity index (χ4n) is 5.90. The van der Waals surface area contributed by atoms with Crippen LogP contribution >= 0.6 is 11.3 Å². The third-order valence-corrected chi connectivity index (χ3v) is 9.38. The molecule has 4 aliphatic rings. The molecule has 2 aliphatic heterocycles. The first-order chi connectivity index (χ1) is 20.1. The van der Waals surface area contributed by atoms with Gasteiger partial charge in [0.1, 0.15) is 11.6 Å². The number of imidazole rings is 1. The van der Waals surface area contributed by atoms with E-state index in [1.807, 2.05) is 24.5 Å². The number of hydrogen-bond donors (Lipinski definition) is 3. The number of amides is 1. The van der Waals surface area contributed by atoms with Gasteiger partial charge in [0, 0.05) is 75.4 Å². The maximum absolute atomic E-state index is 12.5. The van der Waals surface area contributed by atoms with E-state index in [2.05, 4.69) is 55.9 Å². The summed E-state index contributed by atoms with van der Waals surface area (Å²) in [6.07, 6.45) is 16.4. The lowest BCUT2D eigenvalue weighted by atomic mass is 9.85. The van der Waals surface area contributed by atoms with Crippen molar-refractivity contribution in [3.63, 3.8) is 0 Å². The third-order valence-electron chi connectivity index (χ3n) is 8.47. The molecule has 8 rings (SSSR count). The number of rotatable bonds is 5. The fraction of sp³-hybridized carbons (Fsp3) is 0.250. The predicted molar refractivity (Wildman–Crippen MR) is 162 cm³/mol. The Balaban J connectivity index is 1.18. The van der Waals surface area contributed by atoms with Crippen LogP contribution in [0.1, 0.15) is 53.3 Å². The molecule has 1 amide bonds. The topological polar surface area (TPSA) is 113 Å². The van der Waals surface area contributed by atoms with Crippen LogP contribution in [-0.4, -0.2) is 38.4 Å². The quantitative estimate of drug-likeness (QED) is 0.278. The summed E-state index contributed by atoms with van der Waals surface area (Å²) in [7, 11) is 0. The minimum Gasteiger partial charge on any atom is -0.402 e. The van der Waals surface area contributed by atoms with Crippen LogP contribution in [-0.2, 0) is 11.2 Å². The van der Waals surface area contributed by atoms with Crippen LogP contribution in [0.5, 0.6) is 0 Å². The van der Waals surface area contributed by atoms with E-state index in [-0.39, 0.29) is 11.8 Å². The van der Waals surface area contributed by atoms with E-state index in [1.54, 1.807) is 17.5 Å². The van der Waals surface area contributed by atoms with Crippen molar-refractivity contribution in [3.8, 4) is 11.1 Å². The van der Waals surface area contributed by atoms with E-state index < -0.39 is 0 Å². The third kappa shape index (κ3) is 4.37. The molecule has 6 heterocycles. The number of hydrogen-bond acceptors (Lipinski definition) is 7. The lowest BCUT2D eigenvalue weighted by Crippen LogP contribution is -2.28. The van der Waals surface area contributed by atoms with Crippen LogP contribution in [0.3, 0.4) is 0 Å². The minimum absolute atomic E-state index is 0.0806. The molecule has 0 radical (unpaired) electrons. The van der Waals surface area contributed by atoms with Gasteiger partial charge in [-0.1, -0.05) is 18.6 Å². The van der Waals surface area contributed by atoms with Crippen molar-refractivity contribution in [1.82, 2.24) is 19.9 Å². The Labute approximate surface area is 241 Å². The Morgan fingerprint density at radius 2 is 2.02 bits per heavy atom. The molecule has 1 saturated heterocycles. The number of carbonyl (C=O) groups is 1. The zero-order chi connectivity index (χ0) is 27.5. The van der Waals surface area contributed by atoms with Crippen molar-refractivity contribution in [2.24, 2.45) is 11.7 Å². The molecular weight excluding hydrogens is 530 g/mol. The van der Waals surface area contributed by atoms with Crippen molar-refractivity contribution in [2.75, 3.05) is 16.8 Å². The number of carbonyl (C=O) groups excluding carboxylic acids is 1. The summed E-state index contributed by atoms with van der Waals surface area (Å²) in [5.74, 6) is 2.00. The van der Waals surface area contributed by atoms with Crippen LogP contribution in [0.2, 0.25) is 0 Å². The number of pyridine rings is 2. The van der Waals surface area contributed by atoms with Crippen molar-refractivity contribution in [2.45, 2.75) is 38.1 Å². The van der Waals surface area contributed by atoms with Gasteiger partial charge < -0.3 is 20.9 Å². The van der Waals surface area contributed by atoms with E-state index in [0.717, 1.165) is 88.8 Å². The number of aromatic nitrogens is 4. The summed E-state index contributed by atoms with van der Waals surface area (Å²) in [5.41, 5.74) is 14.8. The Morgan fingerprint density at radius 3 is 2.85 bits per heavy atom. The van der Waals surface area contributed by atoms with Gasteiger partial charge in [0.2, 0.25) is 5.91 Å². The predicted octanol–water partition coefficient (Wildman–Crippen LogP) is 5.52. The van der Waals surface area contributed by atoms with Crippen LogP contribution in [0.15, 0.2) is 72.2 Å². The highest BCUT2D eigenvalue weighted by atomic mass is 32.1. The van der Waals surface area contributed by atoms with Gasteiger partial charge in [-0.3, -0.25) is 9.78 Å². The van der Waals surface area contributed by atoms with Gasteiger partial charge >= 0.3 is 0 Å². The van der Waals surface area contributed by atoms with E-state index in [0.29, 0.717) is 18.2 Å². The molecule has 41 heavy (non-hydrogen) atoms. The molecule has 4 aromatic heterocycles. The van der Waals surface area contributed by atoms with Gasteiger partial charge in [-0.05, 0) is 55.0 Å². The van der Waals surface area contributed by atoms with Gasteiger partial charge in [0.15, 0.2) is 0 Å². The smallest absolute Gasteiger partial charge is 0.227 e. The molecule has 9 heteroatoms. The number of allylic oxidation sites excluding steroid dienone is 3. The molecule has 1 unspecified atom stereocenters. The first-order valence-electron chi connectivity index (χ1n) is 14.1. The summed E-state index contributed by atoms with van der Waals surface area (Å²) in [4.78, 5) is 34.3. The van der Waals surface area contributed by atoms with Crippen LogP contribution in [0.4, 0.5) is 11.5 Å². The summed E-state index contributed by atoms with van der Waals surface area (Å²) in [5, 5.41) is 5.14. The Kier molecular flexibility index (Phi) is 5.67. The van der Waals surface area contributed by atoms with E-state index >= 15 is 0 Å². The van der Waals surface area contributed by atoms with Crippen molar-refractivity contribution in [1.29, 1.82) is 0 Å². The summed E-state index contributed by atoms with van der Waals surface area (Å²) in [6.45, 7) is 1.01. The second-order valence-corrected chi connectivity index (χ2v) is 12.2.